The van der Waals surface area contributed by atoms with Crippen molar-refractivity contribution in [2.45, 2.75) is 19.9 Å². The molecule has 1 aliphatic rings. The maximum Gasteiger partial charge on any atom is 0.239 e. The van der Waals surface area contributed by atoms with E-state index in [2.05, 4.69) is 11.0 Å². The monoisotopic (exact) mass is 327 g/mol. The zero-order valence-corrected chi connectivity index (χ0v) is 14.3. The van der Waals surface area contributed by atoms with Crippen LogP contribution < -0.4 is 15.4 Å². The normalized spacial score (nSPS) is 16.2. The van der Waals surface area contributed by atoms with Gasteiger partial charge in [-0.05, 0) is 18.1 Å². The van der Waals surface area contributed by atoms with Crippen LogP contribution in [0.1, 0.15) is 13.8 Å². The van der Waals surface area contributed by atoms with Crippen molar-refractivity contribution in [3.8, 4) is 5.75 Å². The summed E-state index contributed by atoms with van der Waals surface area (Å²) in [5.74, 6) is 1.09. The van der Waals surface area contributed by atoms with Crippen LogP contribution in [0.4, 0.5) is 5.69 Å². The van der Waals surface area contributed by atoms with E-state index in [4.69, 9.17) is 10.5 Å². The summed E-state index contributed by atoms with van der Waals surface area (Å²) in [6.07, 6.45) is 0. The van der Waals surface area contributed by atoms with Gasteiger partial charge in [0.15, 0.2) is 0 Å². The minimum atomic E-state index is -0.395. The van der Waals surface area contributed by atoms with E-state index in [9.17, 15) is 4.79 Å². The summed E-state index contributed by atoms with van der Waals surface area (Å²) in [7, 11) is 1.67. The molecule has 1 heterocycles. The number of carbonyl (C=O) groups is 1. The Morgan fingerprint density at radius 2 is 1.86 bits per heavy atom. The van der Waals surface area contributed by atoms with E-state index in [1.54, 1.807) is 7.11 Å². The molecule has 0 aliphatic carbocycles. The average molecular weight is 328 g/mol. The van der Waals surface area contributed by atoms with E-state index in [0.29, 0.717) is 0 Å². The molecular weight excluding hydrogens is 302 g/mol. The molecule has 2 N–H and O–H groups in total. The van der Waals surface area contributed by atoms with Crippen molar-refractivity contribution in [3.05, 3.63) is 24.3 Å². The molecule has 0 unspecified atom stereocenters. The first-order chi connectivity index (χ1) is 10.0. The number of carbonyl (C=O) groups excluding carboxylic acids is 1. The molecule has 5 nitrogen and oxygen atoms in total. The topological polar surface area (TPSA) is 58.8 Å². The second kappa shape index (κ2) is 8.25. The van der Waals surface area contributed by atoms with Crippen molar-refractivity contribution in [3.63, 3.8) is 0 Å². The van der Waals surface area contributed by atoms with Gasteiger partial charge in [0.25, 0.3) is 0 Å². The third-order valence-electron chi connectivity index (χ3n) is 4.01. The molecule has 1 aliphatic heterocycles. The SMILES string of the molecule is COc1cccc(N2CCN(C(=O)[C@@H](N)C(C)C)CC2)c1.Cl. The van der Waals surface area contributed by atoms with Crippen LogP contribution in [0.25, 0.3) is 0 Å². The minimum Gasteiger partial charge on any atom is -0.497 e. The van der Waals surface area contributed by atoms with Crippen LogP contribution in [0, 0.1) is 5.92 Å². The largest absolute Gasteiger partial charge is 0.497 e. The van der Waals surface area contributed by atoms with Crippen LogP contribution in [-0.2, 0) is 4.79 Å². The summed E-state index contributed by atoms with van der Waals surface area (Å²) in [6.45, 7) is 7.05. The molecule has 0 radical (unpaired) electrons. The summed E-state index contributed by atoms with van der Waals surface area (Å²) >= 11 is 0. The molecule has 1 fully saturated rings. The van der Waals surface area contributed by atoms with E-state index in [-0.39, 0.29) is 24.2 Å². The minimum absolute atomic E-state index is 0. The van der Waals surface area contributed by atoms with Crippen LogP contribution in [0.3, 0.4) is 0 Å². The molecule has 1 aromatic carbocycles. The Labute approximate surface area is 138 Å². The molecule has 22 heavy (non-hydrogen) atoms. The van der Waals surface area contributed by atoms with E-state index in [1.807, 2.05) is 36.9 Å². The molecule has 1 atom stereocenters. The number of nitrogens with two attached hydrogens (primary N) is 1. The summed E-state index contributed by atoms with van der Waals surface area (Å²) < 4.78 is 5.26. The lowest BCUT2D eigenvalue weighted by atomic mass is 10.0. The molecular formula is C16H26ClN3O2. The molecule has 1 amide bonds. The first-order valence-corrected chi connectivity index (χ1v) is 7.46. The van der Waals surface area contributed by atoms with Crippen molar-refractivity contribution in [2.24, 2.45) is 11.7 Å². The quantitative estimate of drug-likeness (QED) is 0.915. The van der Waals surface area contributed by atoms with Gasteiger partial charge in [-0.15, -0.1) is 12.4 Å². The summed E-state index contributed by atoms with van der Waals surface area (Å²) in [5.41, 5.74) is 7.09. The van der Waals surface area contributed by atoms with E-state index in [1.165, 1.54) is 0 Å². The number of nitrogens with zero attached hydrogens (tertiary/aromatic N) is 2. The number of methoxy groups -OCH3 is 1. The number of hydrogen-bond donors (Lipinski definition) is 1. The molecule has 1 saturated heterocycles. The number of anilines is 1. The number of amides is 1. The fourth-order valence-electron chi connectivity index (χ4n) is 2.49. The van der Waals surface area contributed by atoms with Gasteiger partial charge in [-0.3, -0.25) is 4.79 Å². The Kier molecular flexibility index (Phi) is 6.97. The fraction of sp³-hybridized carbons (Fsp3) is 0.562. The standard InChI is InChI=1S/C16H25N3O2.ClH/c1-12(2)15(17)16(20)19-9-7-18(8-10-19)13-5-4-6-14(11-13)21-3;/h4-6,11-12,15H,7-10,17H2,1-3H3;1H/t15-;/m0./s1. The van der Waals surface area contributed by atoms with Gasteiger partial charge in [0.05, 0.1) is 13.2 Å². The van der Waals surface area contributed by atoms with Gasteiger partial charge in [0, 0.05) is 37.9 Å². The number of piperazine rings is 1. The second-order valence-corrected chi connectivity index (χ2v) is 5.78. The zero-order valence-electron chi connectivity index (χ0n) is 13.5. The molecule has 0 aromatic heterocycles. The van der Waals surface area contributed by atoms with Gasteiger partial charge in [0.1, 0.15) is 5.75 Å². The highest BCUT2D eigenvalue weighted by atomic mass is 35.5. The Hall–Kier alpha value is -1.46. The molecule has 6 heteroatoms. The molecule has 0 bridgehead atoms. The lowest BCUT2D eigenvalue weighted by Gasteiger charge is -2.37. The van der Waals surface area contributed by atoms with E-state index in [0.717, 1.165) is 37.6 Å². The van der Waals surface area contributed by atoms with E-state index >= 15 is 0 Å². The van der Waals surface area contributed by atoms with Crippen LogP contribution in [-0.4, -0.2) is 50.1 Å². The summed E-state index contributed by atoms with van der Waals surface area (Å²) in [5, 5.41) is 0. The predicted octanol–water partition coefficient (Wildman–Crippen LogP) is 1.75. The second-order valence-electron chi connectivity index (χ2n) is 5.78. The number of halogens is 1. The maximum atomic E-state index is 12.2. The average Bonchev–Trinajstić information content (AvgIpc) is 2.53. The van der Waals surface area contributed by atoms with E-state index < -0.39 is 6.04 Å². The van der Waals surface area contributed by atoms with Crippen LogP contribution in [0.5, 0.6) is 5.75 Å². The summed E-state index contributed by atoms with van der Waals surface area (Å²) in [4.78, 5) is 16.4. The number of hydrogen-bond acceptors (Lipinski definition) is 4. The van der Waals surface area contributed by atoms with Gasteiger partial charge in [-0.25, -0.2) is 0 Å². The Morgan fingerprint density at radius 1 is 1.23 bits per heavy atom. The van der Waals surface area contributed by atoms with Crippen molar-refractivity contribution < 1.29 is 9.53 Å². The maximum absolute atomic E-state index is 12.2. The van der Waals surface area contributed by atoms with Gasteiger partial charge >= 0.3 is 0 Å². The Balaban J connectivity index is 0.00000242. The van der Waals surface area contributed by atoms with Gasteiger partial charge < -0.3 is 20.3 Å². The number of benzene rings is 1. The molecule has 124 valence electrons. The third kappa shape index (κ3) is 4.27. The lowest BCUT2D eigenvalue weighted by molar-refractivity contribution is -0.133. The summed E-state index contributed by atoms with van der Waals surface area (Å²) in [6, 6.07) is 7.62. The lowest BCUT2D eigenvalue weighted by Crippen LogP contribution is -2.54. The van der Waals surface area contributed by atoms with Crippen molar-refractivity contribution >= 4 is 24.0 Å². The van der Waals surface area contributed by atoms with Crippen molar-refractivity contribution in [2.75, 3.05) is 38.2 Å². The molecule has 2 rings (SSSR count). The Morgan fingerprint density at radius 3 is 2.41 bits per heavy atom. The first kappa shape index (κ1) is 18.6. The zero-order chi connectivity index (χ0) is 15.4. The van der Waals surface area contributed by atoms with Crippen LogP contribution >= 0.6 is 12.4 Å². The van der Waals surface area contributed by atoms with Gasteiger partial charge in [-0.2, -0.15) is 0 Å². The molecule has 1 aromatic rings. The number of rotatable bonds is 4. The van der Waals surface area contributed by atoms with Crippen LogP contribution in [0.2, 0.25) is 0 Å². The Bertz CT molecular complexity index is 488. The highest BCUT2D eigenvalue weighted by molar-refractivity contribution is 5.85. The third-order valence-corrected chi connectivity index (χ3v) is 4.01. The number of ether oxygens (including phenoxy) is 1. The van der Waals surface area contributed by atoms with Crippen LogP contribution in [0.15, 0.2) is 24.3 Å². The highest BCUT2D eigenvalue weighted by Gasteiger charge is 2.26. The smallest absolute Gasteiger partial charge is 0.239 e. The van der Waals surface area contributed by atoms with Crippen molar-refractivity contribution in [1.29, 1.82) is 0 Å². The highest BCUT2D eigenvalue weighted by Crippen LogP contribution is 2.22. The predicted molar refractivity (Wildman–Crippen MR) is 91.8 cm³/mol. The fourth-order valence-corrected chi connectivity index (χ4v) is 2.49. The van der Waals surface area contributed by atoms with Crippen molar-refractivity contribution in [1.82, 2.24) is 4.90 Å². The molecule has 0 saturated carbocycles. The van der Waals surface area contributed by atoms with Gasteiger partial charge in [0.2, 0.25) is 5.91 Å². The molecule has 0 spiro atoms. The first-order valence-electron chi connectivity index (χ1n) is 7.46. The van der Waals surface area contributed by atoms with Gasteiger partial charge in [-0.1, -0.05) is 19.9 Å².